The Morgan fingerprint density at radius 1 is 1.00 bits per heavy atom. The molecule has 0 radical (unpaired) electrons. The summed E-state index contributed by atoms with van der Waals surface area (Å²) in [6.45, 7) is 2.00. The summed E-state index contributed by atoms with van der Waals surface area (Å²) in [7, 11) is 1.57. The van der Waals surface area contributed by atoms with Crippen molar-refractivity contribution >= 4 is 56.5 Å². The Morgan fingerprint density at radius 3 is 2.56 bits per heavy atom. The van der Waals surface area contributed by atoms with E-state index in [4.69, 9.17) is 4.74 Å². The second-order valence-electron chi connectivity index (χ2n) is 7.05. The lowest BCUT2D eigenvalue weighted by Gasteiger charge is -2.06. The van der Waals surface area contributed by atoms with Crippen LogP contribution >= 0.6 is 23.1 Å². The van der Waals surface area contributed by atoms with Gasteiger partial charge in [-0.3, -0.25) is 9.59 Å². The standard InChI is InChI=1S/C24H21N3O3S2/c1-15-6-8-17(9-7-15)25-22(28)14-31-24-27-20-11-10-18(13-21(20)32-24)26-23(29)16-4-3-5-19(12-16)30-2/h3-13H,14H2,1-2H3,(H,25,28)(H,26,29). The molecule has 4 rings (SSSR count). The molecule has 0 aliphatic carbocycles. The molecular weight excluding hydrogens is 442 g/mol. The molecule has 0 saturated heterocycles. The van der Waals surface area contributed by atoms with Crippen LogP contribution < -0.4 is 15.4 Å². The number of aryl methyl sites for hydroxylation is 1. The van der Waals surface area contributed by atoms with Crippen LogP contribution in [-0.2, 0) is 4.79 Å². The van der Waals surface area contributed by atoms with E-state index < -0.39 is 0 Å². The maximum atomic E-state index is 12.5. The molecule has 1 heterocycles. The molecule has 0 saturated carbocycles. The van der Waals surface area contributed by atoms with Gasteiger partial charge in [0.05, 0.1) is 23.1 Å². The molecule has 32 heavy (non-hydrogen) atoms. The predicted molar refractivity (Wildman–Crippen MR) is 131 cm³/mol. The number of thioether (sulfide) groups is 1. The van der Waals surface area contributed by atoms with Gasteiger partial charge >= 0.3 is 0 Å². The van der Waals surface area contributed by atoms with Crippen molar-refractivity contribution in [2.75, 3.05) is 23.5 Å². The number of nitrogens with zero attached hydrogens (tertiary/aromatic N) is 1. The van der Waals surface area contributed by atoms with Crippen LogP contribution in [0.3, 0.4) is 0 Å². The molecule has 0 aliphatic heterocycles. The molecule has 2 N–H and O–H groups in total. The van der Waals surface area contributed by atoms with Gasteiger partial charge in [0.15, 0.2) is 4.34 Å². The van der Waals surface area contributed by atoms with Gasteiger partial charge in [-0.25, -0.2) is 4.98 Å². The summed E-state index contributed by atoms with van der Waals surface area (Å²) in [6.07, 6.45) is 0. The quantitative estimate of drug-likeness (QED) is 0.349. The number of benzene rings is 3. The number of rotatable bonds is 7. The van der Waals surface area contributed by atoms with Crippen molar-refractivity contribution in [3.63, 3.8) is 0 Å². The van der Waals surface area contributed by atoms with Crippen LogP contribution in [0.4, 0.5) is 11.4 Å². The molecule has 1 aromatic heterocycles. The van der Waals surface area contributed by atoms with Gasteiger partial charge < -0.3 is 15.4 Å². The monoisotopic (exact) mass is 463 g/mol. The highest BCUT2D eigenvalue weighted by atomic mass is 32.2. The van der Waals surface area contributed by atoms with Crippen LogP contribution in [0.5, 0.6) is 5.75 Å². The maximum Gasteiger partial charge on any atom is 0.255 e. The molecule has 6 nitrogen and oxygen atoms in total. The van der Waals surface area contributed by atoms with Crippen molar-refractivity contribution in [3.8, 4) is 5.75 Å². The fraction of sp³-hybridized carbons (Fsp3) is 0.125. The maximum absolute atomic E-state index is 12.5. The number of fused-ring (bicyclic) bond motifs is 1. The van der Waals surface area contributed by atoms with E-state index in [1.165, 1.54) is 23.1 Å². The van der Waals surface area contributed by atoms with E-state index in [0.29, 0.717) is 17.0 Å². The van der Waals surface area contributed by atoms with Crippen LogP contribution in [0.25, 0.3) is 10.2 Å². The topological polar surface area (TPSA) is 80.3 Å². The number of thiazole rings is 1. The number of ether oxygens (including phenoxy) is 1. The Hall–Kier alpha value is -3.36. The van der Waals surface area contributed by atoms with E-state index in [0.717, 1.165) is 25.8 Å². The molecule has 2 amide bonds. The number of hydrogen-bond donors (Lipinski definition) is 2. The van der Waals surface area contributed by atoms with Crippen molar-refractivity contribution in [3.05, 3.63) is 77.9 Å². The van der Waals surface area contributed by atoms with Gasteiger partial charge in [0.25, 0.3) is 5.91 Å². The molecule has 162 valence electrons. The molecule has 0 atom stereocenters. The van der Waals surface area contributed by atoms with E-state index in [1.807, 2.05) is 49.4 Å². The molecule has 0 unspecified atom stereocenters. The first-order valence-electron chi connectivity index (χ1n) is 9.85. The zero-order valence-corrected chi connectivity index (χ0v) is 19.2. The van der Waals surface area contributed by atoms with Crippen LogP contribution in [-0.4, -0.2) is 29.7 Å². The van der Waals surface area contributed by atoms with E-state index in [-0.39, 0.29) is 17.6 Å². The number of carbonyl (C=O) groups is 2. The first-order chi connectivity index (χ1) is 15.5. The summed E-state index contributed by atoms with van der Waals surface area (Å²) >= 11 is 2.88. The zero-order chi connectivity index (χ0) is 22.5. The van der Waals surface area contributed by atoms with Crippen molar-refractivity contribution in [1.29, 1.82) is 0 Å². The Labute approximate surface area is 194 Å². The third kappa shape index (κ3) is 5.46. The largest absolute Gasteiger partial charge is 0.497 e. The minimum absolute atomic E-state index is 0.0793. The third-order valence-electron chi connectivity index (χ3n) is 4.62. The van der Waals surface area contributed by atoms with Crippen LogP contribution in [0, 0.1) is 6.92 Å². The van der Waals surface area contributed by atoms with E-state index in [2.05, 4.69) is 15.6 Å². The molecule has 4 aromatic rings. The molecule has 8 heteroatoms. The minimum atomic E-state index is -0.213. The summed E-state index contributed by atoms with van der Waals surface area (Å²) in [6, 6.07) is 20.3. The summed E-state index contributed by atoms with van der Waals surface area (Å²) < 4.78 is 6.92. The number of anilines is 2. The van der Waals surface area contributed by atoms with Gasteiger partial charge in [-0.05, 0) is 55.5 Å². The van der Waals surface area contributed by atoms with Crippen LogP contribution in [0.2, 0.25) is 0 Å². The highest BCUT2D eigenvalue weighted by molar-refractivity contribution is 8.01. The smallest absolute Gasteiger partial charge is 0.255 e. The average molecular weight is 464 g/mol. The van der Waals surface area contributed by atoms with E-state index >= 15 is 0 Å². The number of aromatic nitrogens is 1. The summed E-state index contributed by atoms with van der Waals surface area (Å²) in [5, 5.41) is 5.79. The second-order valence-corrected chi connectivity index (χ2v) is 9.30. The fourth-order valence-corrected chi connectivity index (χ4v) is 4.88. The van der Waals surface area contributed by atoms with Gasteiger partial charge in [0.1, 0.15) is 5.75 Å². The summed E-state index contributed by atoms with van der Waals surface area (Å²) in [4.78, 5) is 29.3. The Kier molecular flexibility index (Phi) is 6.72. The van der Waals surface area contributed by atoms with Gasteiger partial charge in [0, 0.05) is 16.9 Å². The number of methoxy groups -OCH3 is 1. The number of nitrogens with one attached hydrogen (secondary N) is 2. The predicted octanol–water partition coefficient (Wildman–Crippen LogP) is 5.60. The van der Waals surface area contributed by atoms with Crippen molar-refractivity contribution in [1.82, 2.24) is 4.98 Å². The van der Waals surface area contributed by atoms with Crippen molar-refractivity contribution < 1.29 is 14.3 Å². The van der Waals surface area contributed by atoms with Crippen molar-refractivity contribution in [2.45, 2.75) is 11.3 Å². The highest BCUT2D eigenvalue weighted by Gasteiger charge is 2.11. The average Bonchev–Trinajstić information content (AvgIpc) is 3.21. The molecule has 0 aliphatic rings. The van der Waals surface area contributed by atoms with Gasteiger partial charge in [0.2, 0.25) is 5.91 Å². The third-order valence-corrected chi connectivity index (χ3v) is 6.78. The number of carbonyl (C=O) groups excluding carboxylic acids is 2. The highest BCUT2D eigenvalue weighted by Crippen LogP contribution is 2.31. The van der Waals surface area contributed by atoms with Crippen LogP contribution in [0.15, 0.2) is 71.1 Å². The van der Waals surface area contributed by atoms with E-state index in [9.17, 15) is 9.59 Å². The molecule has 3 aromatic carbocycles. The molecular formula is C24H21N3O3S2. The van der Waals surface area contributed by atoms with Crippen LogP contribution in [0.1, 0.15) is 15.9 Å². The minimum Gasteiger partial charge on any atom is -0.497 e. The number of hydrogen-bond acceptors (Lipinski definition) is 6. The first-order valence-corrected chi connectivity index (χ1v) is 11.7. The molecule has 0 spiro atoms. The lowest BCUT2D eigenvalue weighted by atomic mass is 10.2. The second kappa shape index (κ2) is 9.84. The normalized spacial score (nSPS) is 10.7. The van der Waals surface area contributed by atoms with Gasteiger partial charge in [-0.1, -0.05) is 35.5 Å². The fourth-order valence-electron chi connectivity index (χ4n) is 2.97. The summed E-state index contributed by atoms with van der Waals surface area (Å²) in [5.41, 5.74) is 3.95. The van der Waals surface area contributed by atoms with Gasteiger partial charge in [-0.15, -0.1) is 11.3 Å². The Morgan fingerprint density at radius 2 is 1.78 bits per heavy atom. The van der Waals surface area contributed by atoms with Gasteiger partial charge in [-0.2, -0.15) is 0 Å². The van der Waals surface area contributed by atoms with Crippen molar-refractivity contribution in [2.24, 2.45) is 0 Å². The molecule has 0 bridgehead atoms. The Bertz CT molecular complexity index is 1270. The lowest BCUT2D eigenvalue weighted by molar-refractivity contribution is -0.113. The zero-order valence-electron chi connectivity index (χ0n) is 17.5. The first kappa shape index (κ1) is 21.9. The van der Waals surface area contributed by atoms with E-state index in [1.54, 1.807) is 31.4 Å². The Balaban J connectivity index is 1.38. The SMILES string of the molecule is COc1cccc(C(=O)Nc2ccc3nc(SCC(=O)Nc4ccc(C)cc4)sc3c2)c1. The lowest BCUT2D eigenvalue weighted by Crippen LogP contribution is -2.13. The summed E-state index contributed by atoms with van der Waals surface area (Å²) in [5.74, 6) is 0.607. The molecule has 0 fully saturated rings. The number of amides is 2.